The molecule has 1 heterocycles. The summed E-state index contributed by atoms with van der Waals surface area (Å²) in [6.45, 7) is 4.58. The highest BCUT2D eigenvalue weighted by Gasteiger charge is 2.13. The zero-order valence-corrected chi connectivity index (χ0v) is 32.4. The van der Waals surface area contributed by atoms with Gasteiger partial charge in [-0.05, 0) is 31.7 Å². The summed E-state index contributed by atoms with van der Waals surface area (Å²) < 4.78 is 0. The van der Waals surface area contributed by atoms with Crippen molar-refractivity contribution in [1.82, 2.24) is 9.97 Å². The van der Waals surface area contributed by atoms with Crippen LogP contribution in [0.5, 0.6) is 0 Å². The van der Waals surface area contributed by atoms with Crippen molar-refractivity contribution in [3.8, 4) is 0 Å². The van der Waals surface area contributed by atoms with E-state index in [1.807, 2.05) is 0 Å². The van der Waals surface area contributed by atoms with Crippen LogP contribution in [-0.2, 0) is 12.8 Å². The Balaban J connectivity index is 1.60. The number of benzene rings is 1. The van der Waals surface area contributed by atoms with Gasteiger partial charge in [-0.25, -0.2) is 9.97 Å². The van der Waals surface area contributed by atoms with E-state index in [-0.39, 0.29) is 10.6 Å². The Morgan fingerprint density at radius 1 is 0.429 bits per heavy atom. The van der Waals surface area contributed by atoms with E-state index in [1.165, 1.54) is 193 Å². The molecule has 0 unspecified atom stereocenters. The molecular formula is C44H77N3O2. The number of non-ortho nitro benzene ring substituents is 1. The average molecular weight is 680 g/mol. The molecule has 0 N–H and O–H groups in total. The van der Waals surface area contributed by atoms with Gasteiger partial charge in [-0.3, -0.25) is 10.1 Å². The van der Waals surface area contributed by atoms with Crippen molar-refractivity contribution in [2.45, 2.75) is 232 Å². The normalized spacial score (nSPS) is 11.6. The molecule has 0 amide bonds. The molecule has 0 fully saturated rings. The molecule has 0 saturated carbocycles. The molecule has 2 aromatic rings. The molecule has 0 spiro atoms. The zero-order valence-electron chi connectivity index (χ0n) is 32.4. The van der Waals surface area contributed by atoms with E-state index in [0.29, 0.717) is 5.52 Å². The maximum Gasteiger partial charge on any atom is 0.271 e. The molecule has 0 atom stereocenters. The summed E-state index contributed by atoms with van der Waals surface area (Å²) in [5.74, 6) is 0. The van der Waals surface area contributed by atoms with Crippen molar-refractivity contribution in [2.75, 3.05) is 0 Å². The maximum atomic E-state index is 11.4. The van der Waals surface area contributed by atoms with E-state index < -0.39 is 0 Å². The maximum absolute atomic E-state index is 11.4. The van der Waals surface area contributed by atoms with E-state index in [2.05, 4.69) is 13.8 Å². The summed E-state index contributed by atoms with van der Waals surface area (Å²) in [5, 5.41) is 11.4. The molecule has 0 saturated heterocycles. The fourth-order valence-corrected chi connectivity index (χ4v) is 7.31. The Bertz CT molecular complexity index is 1070. The summed E-state index contributed by atoms with van der Waals surface area (Å²) in [4.78, 5) is 21.0. The number of hydrogen-bond acceptors (Lipinski definition) is 4. The first-order valence-corrected chi connectivity index (χ1v) is 21.6. The number of nitro benzene ring substituents is 1. The Hall–Kier alpha value is -2.04. The van der Waals surface area contributed by atoms with Crippen LogP contribution in [0.4, 0.5) is 5.69 Å². The SMILES string of the molecule is CCCCCCCCCCCCCCCCCCc1nc2ccc([N+](=O)[O-])cc2nc1CCCCCCCCCCCCCCCCCC. The minimum absolute atomic E-state index is 0.0979. The largest absolute Gasteiger partial charge is 0.271 e. The molecule has 5 nitrogen and oxygen atoms in total. The Morgan fingerprint density at radius 3 is 1.02 bits per heavy atom. The van der Waals surface area contributed by atoms with Crippen molar-refractivity contribution in [1.29, 1.82) is 0 Å². The van der Waals surface area contributed by atoms with Crippen LogP contribution in [0, 0.1) is 10.1 Å². The summed E-state index contributed by atoms with van der Waals surface area (Å²) in [5.41, 5.74) is 3.73. The van der Waals surface area contributed by atoms with Crippen LogP contribution in [-0.4, -0.2) is 14.9 Å². The summed E-state index contributed by atoms with van der Waals surface area (Å²) in [6, 6.07) is 4.93. The van der Waals surface area contributed by atoms with Gasteiger partial charge in [0.2, 0.25) is 0 Å². The number of rotatable bonds is 35. The van der Waals surface area contributed by atoms with Crippen molar-refractivity contribution in [2.24, 2.45) is 0 Å². The van der Waals surface area contributed by atoms with Crippen LogP contribution in [0.1, 0.15) is 231 Å². The van der Waals surface area contributed by atoms with Gasteiger partial charge in [-0.15, -0.1) is 0 Å². The van der Waals surface area contributed by atoms with E-state index in [0.717, 1.165) is 42.6 Å². The molecule has 0 radical (unpaired) electrons. The third-order valence-electron chi connectivity index (χ3n) is 10.5. The average Bonchev–Trinajstić information content (AvgIpc) is 3.11. The van der Waals surface area contributed by atoms with Gasteiger partial charge >= 0.3 is 0 Å². The molecule has 0 aliphatic heterocycles. The van der Waals surface area contributed by atoms with Crippen molar-refractivity contribution in [3.05, 3.63) is 39.7 Å². The van der Waals surface area contributed by atoms with Crippen LogP contribution < -0.4 is 0 Å². The second-order valence-electron chi connectivity index (χ2n) is 15.2. The molecule has 0 aliphatic rings. The number of nitro groups is 1. The molecule has 0 aliphatic carbocycles. The molecule has 1 aromatic carbocycles. The first kappa shape index (κ1) is 43.1. The number of fused-ring (bicyclic) bond motifs is 1. The van der Waals surface area contributed by atoms with Gasteiger partial charge in [0, 0.05) is 12.1 Å². The van der Waals surface area contributed by atoms with Crippen LogP contribution >= 0.6 is 0 Å². The number of unbranched alkanes of at least 4 members (excludes halogenated alkanes) is 30. The van der Waals surface area contributed by atoms with Crippen LogP contribution in [0.2, 0.25) is 0 Å². The lowest BCUT2D eigenvalue weighted by atomic mass is 10.0. The smallest absolute Gasteiger partial charge is 0.258 e. The second kappa shape index (κ2) is 30.8. The quantitative estimate of drug-likeness (QED) is 0.0413. The third kappa shape index (κ3) is 22.4. The van der Waals surface area contributed by atoms with E-state index >= 15 is 0 Å². The fraction of sp³-hybridized carbons (Fsp3) is 0.818. The lowest BCUT2D eigenvalue weighted by Gasteiger charge is -2.10. The number of hydrogen-bond donors (Lipinski definition) is 0. The lowest BCUT2D eigenvalue weighted by Crippen LogP contribution is -2.04. The zero-order chi connectivity index (χ0) is 35.0. The van der Waals surface area contributed by atoms with Gasteiger partial charge in [0.15, 0.2) is 0 Å². The highest BCUT2D eigenvalue weighted by Crippen LogP contribution is 2.23. The van der Waals surface area contributed by atoms with Gasteiger partial charge in [0.1, 0.15) is 0 Å². The van der Waals surface area contributed by atoms with E-state index in [9.17, 15) is 10.1 Å². The predicted molar refractivity (Wildman–Crippen MR) is 213 cm³/mol. The van der Waals surface area contributed by atoms with Gasteiger partial charge in [0.25, 0.3) is 5.69 Å². The Morgan fingerprint density at radius 2 is 0.714 bits per heavy atom. The molecule has 280 valence electrons. The second-order valence-corrected chi connectivity index (χ2v) is 15.2. The molecule has 0 bridgehead atoms. The number of nitrogens with zero attached hydrogens (tertiary/aromatic N) is 3. The predicted octanol–water partition coefficient (Wildman–Crippen LogP) is 15.1. The highest BCUT2D eigenvalue weighted by molar-refractivity contribution is 5.77. The van der Waals surface area contributed by atoms with Gasteiger partial charge < -0.3 is 0 Å². The van der Waals surface area contributed by atoms with Crippen molar-refractivity contribution in [3.63, 3.8) is 0 Å². The van der Waals surface area contributed by atoms with E-state index in [1.54, 1.807) is 18.2 Å². The van der Waals surface area contributed by atoms with Crippen molar-refractivity contribution < 1.29 is 4.92 Å². The first-order chi connectivity index (χ1) is 24.2. The molecule has 5 heteroatoms. The molecule has 49 heavy (non-hydrogen) atoms. The standard InChI is InChI=1S/C44H77N3O2/c1-3-5-7-9-11-13-15-17-19-21-23-25-27-29-31-33-35-41-42(46-44-39-40(47(48)49)37-38-43(44)45-41)36-34-32-30-28-26-24-22-20-18-16-14-12-10-8-6-4-2/h37-39H,3-36H2,1-2H3. The van der Waals surface area contributed by atoms with Crippen LogP contribution in [0.25, 0.3) is 11.0 Å². The van der Waals surface area contributed by atoms with Gasteiger partial charge in [-0.1, -0.05) is 206 Å². The lowest BCUT2D eigenvalue weighted by molar-refractivity contribution is -0.384. The number of aromatic nitrogens is 2. The summed E-state index contributed by atoms with van der Waals surface area (Å²) in [7, 11) is 0. The molecule has 2 rings (SSSR count). The minimum Gasteiger partial charge on any atom is -0.258 e. The van der Waals surface area contributed by atoms with Gasteiger partial charge in [-0.2, -0.15) is 0 Å². The molecule has 1 aromatic heterocycles. The monoisotopic (exact) mass is 680 g/mol. The van der Waals surface area contributed by atoms with Crippen LogP contribution in [0.3, 0.4) is 0 Å². The third-order valence-corrected chi connectivity index (χ3v) is 10.5. The fourth-order valence-electron chi connectivity index (χ4n) is 7.31. The van der Waals surface area contributed by atoms with E-state index in [4.69, 9.17) is 9.97 Å². The summed E-state index contributed by atoms with van der Waals surface area (Å²) >= 11 is 0. The highest BCUT2D eigenvalue weighted by atomic mass is 16.6. The number of aryl methyl sites for hydroxylation is 2. The summed E-state index contributed by atoms with van der Waals surface area (Å²) in [6.07, 6.45) is 45.7. The topological polar surface area (TPSA) is 68.9 Å². The minimum atomic E-state index is -0.333. The van der Waals surface area contributed by atoms with Crippen LogP contribution in [0.15, 0.2) is 18.2 Å². The van der Waals surface area contributed by atoms with Gasteiger partial charge in [0.05, 0.1) is 27.3 Å². The first-order valence-electron chi connectivity index (χ1n) is 21.6. The van der Waals surface area contributed by atoms with Crippen molar-refractivity contribution >= 4 is 16.7 Å². The molecular weight excluding hydrogens is 603 g/mol. The Labute approximate surface area is 302 Å². The Kier molecular flexibility index (Phi) is 27.1.